The van der Waals surface area contributed by atoms with Crippen LogP contribution in [0.25, 0.3) is 0 Å². The molecule has 0 saturated heterocycles. The number of carbonyl (C=O) groups is 1. The van der Waals surface area contributed by atoms with Crippen LogP contribution in [-0.2, 0) is 24.4 Å². The van der Waals surface area contributed by atoms with Crippen molar-refractivity contribution in [1.29, 1.82) is 0 Å². The molecular weight excluding hydrogens is 326 g/mol. The highest BCUT2D eigenvalue weighted by atomic mass is 16.5. The van der Waals surface area contributed by atoms with Crippen molar-refractivity contribution in [2.75, 3.05) is 13.7 Å². The molecular formula is C16H23N5O4. The molecule has 3 N–H and O–H groups in total. The third-order valence-electron chi connectivity index (χ3n) is 4.36. The number of methoxy groups -OCH3 is 1. The summed E-state index contributed by atoms with van der Waals surface area (Å²) in [5, 5.41) is 23.3. The van der Waals surface area contributed by atoms with Gasteiger partial charge in [-0.15, -0.1) is 10.2 Å². The normalized spacial score (nSPS) is 19.4. The molecule has 0 radical (unpaired) electrons. The molecule has 136 valence electrons. The Hall–Kier alpha value is -2.39. The van der Waals surface area contributed by atoms with Gasteiger partial charge in [0.25, 0.3) is 0 Å². The van der Waals surface area contributed by atoms with E-state index in [0.29, 0.717) is 31.3 Å². The van der Waals surface area contributed by atoms with E-state index >= 15 is 0 Å². The first-order valence-electron chi connectivity index (χ1n) is 8.29. The number of nitrogens with zero attached hydrogens (tertiary/aromatic N) is 3. The van der Waals surface area contributed by atoms with Gasteiger partial charge in [-0.05, 0) is 25.0 Å². The molecule has 0 bridgehead atoms. The molecule has 1 aliphatic rings. The standard InChI is InChI=1S/C16H23N5O4/c1-24-6-4-21-14(10-22)19-20-15(21)11-7-12(8-11)18-16(23)17-9-13-3-2-5-25-13/h2-3,5,11-12,22H,4,6-10H2,1H3,(H2,17,18,23). The maximum atomic E-state index is 11.9. The van der Waals surface area contributed by atoms with Gasteiger partial charge in [0.2, 0.25) is 0 Å². The highest BCUT2D eigenvalue weighted by Gasteiger charge is 2.35. The van der Waals surface area contributed by atoms with E-state index in [9.17, 15) is 9.90 Å². The molecule has 0 spiro atoms. The van der Waals surface area contributed by atoms with E-state index in [1.54, 1.807) is 19.4 Å². The molecule has 2 aromatic heterocycles. The Kier molecular flexibility index (Phi) is 5.67. The number of furan rings is 1. The lowest BCUT2D eigenvalue weighted by molar-refractivity contribution is 0.178. The first-order valence-corrected chi connectivity index (χ1v) is 8.29. The lowest BCUT2D eigenvalue weighted by Crippen LogP contribution is -2.47. The summed E-state index contributed by atoms with van der Waals surface area (Å²) in [4.78, 5) is 11.9. The number of hydrogen-bond acceptors (Lipinski definition) is 6. The fraction of sp³-hybridized carbons (Fsp3) is 0.562. The van der Waals surface area contributed by atoms with Gasteiger partial charge in [-0.1, -0.05) is 0 Å². The Morgan fingerprint density at radius 3 is 3.00 bits per heavy atom. The lowest BCUT2D eigenvalue weighted by atomic mass is 9.79. The van der Waals surface area contributed by atoms with Crippen molar-refractivity contribution in [3.8, 4) is 0 Å². The maximum Gasteiger partial charge on any atom is 0.315 e. The minimum atomic E-state index is -0.211. The summed E-state index contributed by atoms with van der Waals surface area (Å²) in [5.74, 6) is 2.32. The summed E-state index contributed by atoms with van der Waals surface area (Å²) in [7, 11) is 1.63. The molecule has 1 saturated carbocycles. The smallest absolute Gasteiger partial charge is 0.315 e. The Labute approximate surface area is 145 Å². The largest absolute Gasteiger partial charge is 0.467 e. The van der Waals surface area contributed by atoms with Crippen LogP contribution >= 0.6 is 0 Å². The number of aliphatic hydroxyl groups is 1. The van der Waals surface area contributed by atoms with Crippen LogP contribution in [0.3, 0.4) is 0 Å². The number of carbonyl (C=O) groups excluding carboxylic acids is 1. The van der Waals surface area contributed by atoms with Crippen molar-refractivity contribution >= 4 is 6.03 Å². The Morgan fingerprint density at radius 2 is 2.32 bits per heavy atom. The van der Waals surface area contributed by atoms with E-state index in [0.717, 1.165) is 18.7 Å². The van der Waals surface area contributed by atoms with Crippen LogP contribution in [0, 0.1) is 0 Å². The monoisotopic (exact) mass is 349 g/mol. The van der Waals surface area contributed by atoms with E-state index in [-0.39, 0.29) is 24.6 Å². The summed E-state index contributed by atoms with van der Waals surface area (Å²) in [5.41, 5.74) is 0. The zero-order valence-corrected chi connectivity index (χ0v) is 14.1. The Morgan fingerprint density at radius 1 is 1.48 bits per heavy atom. The second-order valence-corrected chi connectivity index (χ2v) is 6.05. The maximum absolute atomic E-state index is 11.9. The molecule has 0 atom stereocenters. The zero-order valence-electron chi connectivity index (χ0n) is 14.1. The first-order chi connectivity index (χ1) is 12.2. The van der Waals surface area contributed by atoms with Gasteiger partial charge in [-0.25, -0.2) is 4.79 Å². The summed E-state index contributed by atoms with van der Waals surface area (Å²) >= 11 is 0. The van der Waals surface area contributed by atoms with Crippen LogP contribution in [0.4, 0.5) is 4.79 Å². The second kappa shape index (κ2) is 8.13. The fourth-order valence-electron chi connectivity index (χ4n) is 2.96. The van der Waals surface area contributed by atoms with E-state index in [1.807, 2.05) is 10.6 Å². The third kappa shape index (κ3) is 4.18. The van der Waals surface area contributed by atoms with Gasteiger partial charge in [0.05, 0.1) is 19.4 Å². The molecule has 9 nitrogen and oxygen atoms in total. The van der Waals surface area contributed by atoms with Crippen molar-refractivity contribution in [1.82, 2.24) is 25.4 Å². The van der Waals surface area contributed by atoms with Crippen LogP contribution in [0.1, 0.15) is 36.2 Å². The van der Waals surface area contributed by atoms with Gasteiger partial charge in [0.1, 0.15) is 18.2 Å². The molecule has 0 unspecified atom stereocenters. The molecule has 2 aromatic rings. The zero-order chi connectivity index (χ0) is 17.6. The van der Waals surface area contributed by atoms with Crippen LogP contribution in [0.5, 0.6) is 0 Å². The average Bonchev–Trinajstić information content (AvgIpc) is 3.23. The van der Waals surface area contributed by atoms with Gasteiger partial charge in [0, 0.05) is 25.6 Å². The molecule has 1 aliphatic carbocycles. The molecule has 0 aliphatic heterocycles. The lowest BCUT2D eigenvalue weighted by Gasteiger charge is -2.35. The van der Waals surface area contributed by atoms with Gasteiger partial charge < -0.3 is 29.5 Å². The van der Waals surface area contributed by atoms with Crippen molar-refractivity contribution < 1.29 is 19.1 Å². The molecule has 2 heterocycles. The summed E-state index contributed by atoms with van der Waals surface area (Å²) in [6, 6.07) is 3.49. The van der Waals surface area contributed by atoms with E-state index in [2.05, 4.69) is 20.8 Å². The highest BCUT2D eigenvalue weighted by Crippen LogP contribution is 2.36. The van der Waals surface area contributed by atoms with Gasteiger partial charge in [-0.3, -0.25) is 0 Å². The summed E-state index contributed by atoms with van der Waals surface area (Å²) in [6.45, 7) is 1.34. The van der Waals surface area contributed by atoms with Crippen molar-refractivity contribution in [3.63, 3.8) is 0 Å². The van der Waals surface area contributed by atoms with E-state index in [1.165, 1.54) is 0 Å². The van der Waals surface area contributed by atoms with Gasteiger partial charge >= 0.3 is 6.03 Å². The van der Waals surface area contributed by atoms with Crippen LogP contribution in [-0.4, -0.2) is 45.7 Å². The Balaban J connectivity index is 1.47. The van der Waals surface area contributed by atoms with Crippen LogP contribution in [0.2, 0.25) is 0 Å². The number of rotatable bonds is 8. The first kappa shape index (κ1) is 17.4. The van der Waals surface area contributed by atoms with Crippen LogP contribution in [0.15, 0.2) is 22.8 Å². The SMILES string of the molecule is COCCn1c(CO)nnc1C1CC(NC(=O)NCc2ccco2)C1. The number of aromatic nitrogens is 3. The summed E-state index contributed by atoms with van der Waals surface area (Å²) < 4.78 is 12.2. The number of ether oxygens (including phenoxy) is 1. The van der Waals surface area contributed by atoms with Crippen molar-refractivity contribution in [2.45, 2.75) is 44.5 Å². The van der Waals surface area contributed by atoms with Crippen molar-refractivity contribution in [2.24, 2.45) is 0 Å². The number of hydrogen-bond donors (Lipinski definition) is 3. The fourth-order valence-corrected chi connectivity index (χ4v) is 2.96. The molecule has 9 heteroatoms. The molecule has 0 aromatic carbocycles. The van der Waals surface area contributed by atoms with E-state index in [4.69, 9.17) is 9.15 Å². The average molecular weight is 349 g/mol. The van der Waals surface area contributed by atoms with Gasteiger partial charge in [0.15, 0.2) is 5.82 Å². The molecule has 3 rings (SSSR count). The minimum Gasteiger partial charge on any atom is -0.467 e. The second-order valence-electron chi connectivity index (χ2n) is 6.05. The highest BCUT2D eigenvalue weighted by molar-refractivity contribution is 5.74. The quantitative estimate of drug-likeness (QED) is 0.648. The van der Waals surface area contributed by atoms with E-state index < -0.39 is 0 Å². The Bertz CT molecular complexity index is 679. The molecule has 25 heavy (non-hydrogen) atoms. The molecule has 2 amide bonds. The number of nitrogens with one attached hydrogen (secondary N) is 2. The number of aliphatic hydroxyl groups excluding tert-OH is 1. The van der Waals surface area contributed by atoms with Crippen LogP contribution < -0.4 is 10.6 Å². The molecule has 1 fully saturated rings. The van der Waals surface area contributed by atoms with Gasteiger partial charge in [-0.2, -0.15) is 0 Å². The summed E-state index contributed by atoms with van der Waals surface area (Å²) in [6.07, 6.45) is 3.17. The third-order valence-corrected chi connectivity index (χ3v) is 4.36. The predicted octanol–water partition coefficient (Wildman–Crippen LogP) is 0.755. The number of urea groups is 1. The minimum absolute atomic E-state index is 0.103. The number of amides is 2. The van der Waals surface area contributed by atoms with Crippen molar-refractivity contribution in [3.05, 3.63) is 35.8 Å². The topological polar surface area (TPSA) is 114 Å². The predicted molar refractivity (Wildman–Crippen MR) is 87.7 cm³/mol.